The van der Waals surface area contributed by atoms with E-state index in [-0.39, 0.29) is 47.4 Å². The number of benzene rings is 1. The van der Waals surface area contributed by atoms with Crippen LogP contribution in [-0.2, 0) is 20.6 Å². The third-order valence-corrected chi connectivity index (χ3v) is 4.88. The van der Waals surface area contributed by atoms with Crippen LogP contribution in [0.25, 0.3) is 0 Å². The molecule has 29 heavy (non-hydrogen) atoms. The van der Waals surface area contributed by atoms with Crippen molar-refractivity contribution in [3.63, 3.8) is 0 Å². The van der Waals surface area contributed by atoms with Gasteiger partial charge in [-0.1, -0.05) is 26.5 Å². The molecule has 7 heteroatoms. The van der Waals surface area contributed by atoms with Gasteiger partial charge >= 0.3 is 0 Å². The second-order valence-electron chi connectivity index (χ2n) is 7.12. The molecule has 2 heterocycles. The average Bonchev–Trinajstić information content (AvgIpc) is 2.71. The highest BCUT2D eigenvalue weighted by molar-refractivity contribution is 5.51. The van der Waals surface area contributed by atoms with E-state index in [1.54, 1.807) is 6.92 Å². The van der Waals surface area contributed by atoms with E-state index in [4.69, 9.17) is 18.9 Å². The Morgan fingerprint density at radius 3 is 2.52 bits per heavy atom. The van der Waals surface area contributed by atoms with Crippen molar-refractivity contribution in [2.45, 2.75) is 39.4 Å². The molecule has 0 radical (unpaired) electrons. The Morgan fingerprint density at radius 2 is 1.90 bits per heavy atom. The van der Waals surface area contributed by atoms with Crippen molar-refractivity contribution in [3.8, 4) is 5.75 Å². The van der Waals surface area contributed by atoms with Gasteiger partial charge in [0.25, 0.3) is 0 Å². The van der Waals surface area contributed by atoms with E-state index in [0.29, 0.717) is 18.8 Å². The Kier molecular flexibility index (Phi) is 6.70. The zero-order valence-electron chi connectivity index (χ0n) is 16.7. The Bertz CT molecular complexity index is 839. The molecule has 3 rings (SSSR count). The van der Waals surface area contributed by atoms with Crippen LogP contribution in [0.1, 0.15) is 44.1 Å². The van der Waals surface area contributed by atoms with Crippen molar-refractivity contribution in [1.29, 1.82) is 0 Å². The summed E-state index contributed by atoms with van der Waals surface area (Å²) in [5, 5.41) is 0. The molecular formula is C22H25F3O4. The van der Waals surface area contributed by atoms with Crippen LogP contribution >= 0.6 is 0 Å². The Morgan fingerprint density at radius 1 is 1.21 bits per heavy atom. The number of rotatable bonds is 6. The fraction of sp³-hybridized carbons (Fsp3) is 0.455. The molecule has 0 atom stereocenters. The molecule has 0 spiro atoms. The van der Waals surface area contributed by atoms with Crippen LogP contribution < -0.4 is 4.74 Å². The lowest BCUT2D eigenvalue weighted by Crippen LogP contribution is -2.28. The third kappa shape index (κ3) is 4.36. The van der Waals surface area contributed by atoms with Crippen LogP contribution in [0.15, 0.2) is 42.1 Å². The first-order valence-electron chi connectivity index (χ1n) is 9.69. The van der Waals surface area contributed by atoms with Crippen molar-refractivity contribution in [1.82, 2.24) is 0 Å². The Labute approximate surface area is 168 Å². The molecule has 158 valence electrons. The minimum atomic E-state index is -1.22. The van der Waals surface area contributed by atoms with E-state index in [1.165, 1.54) is 6.07 Å². The number of halogens is 3. The van der Waals surface area contributed by atoms with Crippen LogP contribution in [0.2, 0.25) is 0 Å². The molecule has 1 aromatic carbocycles. The predicted molar refractivity (Wildman–Crippen MR) is 102 cm³/mol. The number of ether oxygens (including phenoxy) is 4. The predicted octanol–water partition coefficient (Wildman–Crippen LogP) is 5.65. The van der Waals surface area contributed by atoms with Crippen LogP contribution in [0.3, 0.4) is 0 Å². The number of hydrogen-bond donors (Lipinski definition) is 0. The van der Waals surface area contributed by atoms with Crippen molar-refractivity contribution < 1.29 is 32.1 Å². The topological polar surface area (TPSA) is 36.9 Å². The second-order valence-corrected chi connectivity index (χ2v) is 7.12. The van der Waals surface area contributed by atoms with Gasteiger partial charge < -0.3 is 18.9 Å². The van der Waals surface area contributed by atoms with E-state index in [0.717, 1.165) is 12.8 Å². The molecule has 1 fully saturated rings. The standard InChI is InChI=1S/C22H25F3O4/c1-5-7-14-10-27-22(28-11-14)16-9-15-8-12(3)20(17(23)13(4)26-6-2)29-21(15)19(25)18(16)24/h9,14,22H,3-8,10-11H2,1-2H3/b20-17-. The summed E-state index contributed by atoms with van der Waals surface area (Å²) >= 11 is 0. The molecule has 1 saturated heterocycles. The molecule has 2 aliphatic heterocycles. The van der Waals surface area contributed by atoms with E-state index in [9.17, 15) is 13.2 Å². The highest BCUT2D eigenvalue weighted by Crippen LogP contribution is 2.41. The third-order valence-electron chi connectivity index (χ3n) is 4.88. The van der Waals surface area contributed by atoms with Gasteiger partial charge in [0.2, 0.25) is 11.6 Å². The summed E-state index contributed by atoms with van der Waals surface area (Å²) in [4.78, 5) is 0. The lowest BCUT2D eigenvalue weighted by molar-refractivity contribution is -0.207. The summed E-state index contributed by atoms with van der Waals surface area (Å²) in [6, 6.07) is 1.43. The number of hydrogen-bond acceptors (Lipinski definition) is 4. The second kappa shape index (κ2) is 9.05. The summed E-state index contributed by atoms with van der Waals surface area (Å²) < 4.78 is 65.6. The Hall–Kier alpha value is -2.25. The van der Waals surface area contributed by atoms with Gasteiger partial charge in [-0.25, -0.2) is 4.39 Å². The highest BCUT2D eigenvalue weighted by Gasteiger charge is 2.33. The van der Waals surface area contributed by atoms with Crippen LogP contribution in [0.5, 0.6) is 5.75 Å². The molecule has 0 amide bonds. The lowest BCUT2D eigenvalue weighted by atomic mass is 9.97. The first-order chi connectivity index (χ1) is 13.9. The summed E-state index contributed by atoms with van der Waals surface area (Å²) in [6.07, 6.45) is 1.01. The molecule has 0 unspecified atom stereocenters. The summed E-state index contributed by atoms with van der Waals surface area (Å²) in [7, 11) is 0. The molecule has 0 aliphatic carbocycles. The van der Waals surface area contributed by atoms with Crippen molar-refractivity contribution >= 4 is 0 Å². The monoisotopic (exact) mass is 410 g/mol. The SMILES string of the molecule is C=C(OCC)/C(F)=C1/Oc2c(cc(C3OCC(CCC)CO3)c(F)c2F)CC1=C. The molecule has 1 aromatic rings. The molecule has 4 nitrogen and oxygen atoms in total. The maximum Gasteiger partial charge on any atom is 0.207 e. The minimum absolute atomic E-state index is 0.0424. The smallest absolute Gasteiger partial charge is 0.207 e. The lowest BCUT2D eigenvalue weighted by Gasteiger charge is -2.31. The minimum Gasteiger partial charge on any atom is -0.491 e. The highest BCUT2D eigenvalue weighted by atomic mass is 19.2. The molecular weight excluding hydrogens is 385 g/mol. The van der Waals surface area contributed by atoms with Gasteiger partial charge in [0.05, 0.1) is 19.8 Å². The van der Waals surface area contributed by atoms with Crippen LogP contribution in [0.4, 0.5) is 13.2 Å². The van der Waals surface area contributed by atoms with Crippen molar-refractivity contribution in [2.75, 3.05) is 19.8 Å². The van der Waals surface area contributed by atoms with Gasteiger partial charge in [-0.2, -0.15) is 8.78 Å². The summed E-state index contributed by atoms with van der Waals surface area (Å²) in [6.45, 7) is 12.0. The van der Waals surface area contributed by atoms with Gasteiger partial charge in [-0.05, 0) is 25.0 Å². The van der Waals surface area contributed by atoms with Gasteiger partial charge in [0, 0.05) is 23.5 Å². The first kappa shape index (κ1) is 21.5. The molecule has 2 aliphatic rings. The normalized spacial score (nSPS) is 23.3. The van der Waals surface area contributed by atoms with Crippen molar-refractivity contribution in [2.24, 2.45) is 5.92 Å². The quantitative estimate of drug-likeness (QED) is 0.568. The Balaban J connectivity index is 1.89. The molecule has 0 bridgehead atoms. The number of allylic oxidation sites excluding steroid dienone is 2. The van der Waals surface area contributed by atoms with Crippen molar-refractivity contribution in [3.05, 3.63) is 64.9 Å². The summed E-state index contributed by atoms with van der Waals surface area (Å²) in [5.41, 5.74) is 0.561. The maximum absolute atomic E-state index is 14.8. The molecule has 0 N–H and O–H groups in total. The van der Waals surface area contributed by atoms with E-state index >= 15 is 0 Å². The molecule has 0 saturated carbocycles. The molecule has 0 aromatic heterocycles. The number of fused-ring (bicyclic) bond motifs is 1. The van der Waals surface area contributed by atoms with Crippen LogP contribution in [-0.4, -0.2) is 19.8 Å². The van der Waals surface area contributed by atoms with E-state index in [1.807, 2.05) is 0 Å². The van der Waals surface area contributed by atoms with Crippen LogP contribution in [0, 0.1) is 17.6 Å². The van der Waals surface area contributed by atoms with Gasteiger partial charge in [-0.15, -0.1) is 0 Å². The first-order valence-corrected chi connectivity index (χ1v) is 9.69. The van der Waals surface area contributed by atoms with E-state index < -0.39 is 23.8 Å². The zero-order valence-corrected chi connectivity index (χ0v) is 16.7. The zero-order chi connectivity index (χ0) is 21.1. The summed E-state index contributed by atoms with van der Waals surface area (Å²) in [5.74, 6) is -3.97. The average molecular weight is 410 g/mol. The van der Waals surface area contributed by atoms with Gasteiger partial charge in [0.15, 0.2) is 29.4 Å². The van der Waals surface area contributed by atoms with Gasteiger partial charge in [-0.3, -0.25) is 0 Å². The maximum atomic E-state index is 14.8. The van der Waals surface area contributed by atoms with E-state index in [2.05, 4.69) is 20.1 Å². The van der Waals surface area contributed by atoms with Gasteiger partial charge in [0.1, 0.15) is 0 Å². The fourth-order valence-electron chi connectivity index (χ4n) is 3.44. The largest absolute Gasteiger partial charge is 0.491 e. The fourth-order valence-corrected chi connectivity index (χ4v) is 3.44.